The molecular formula is C31H26N4O. The van der Waals surface area contributed by atoms with E-state index in [1.54, 1.807) is 6.20 Å². The van der Waals surface area contributed by atoms with Gasteiger partial charge in [0.15, 0.2) is 0 Å². The predicted octanol–water partition coefficient (Wildman–Crippen LogP) is 7.41. The molecule has 0 saturated heterocycles. The van der Waals surface area contributed by atoms with Gasteiger partial charge in [0.2, 0.25) is 5.88 Å². The molecule has 5 heteroatoms. The zero-order valence-electron chi connectivity index (χ0n) is 20.5. The zero-order chi connectivity index (χ0) is 24.6. The fourth-order valence-electron chi connectivity index (χ4n) is 4.68. The fourth-order valence-corrected chi connectivity index (χ4v) is 4.68. The minimum atomic E-state index is 0.569. The molecule has 0 atom stereocenters. The van der Waals surface area contributed by atoms with Crippen LogP contribution >= 0.6 is 0 Å². The van der Waals surface area contributed by atoms with E-state index in [2.05, 4.69) is 77.1 Å². The molecule has 0 N–H and O–H groups in total. The summed E-state index contributed by atoms with van der Waals surface area (Å²) in [7, 11) is 4.00. The molecule has 3 aromatic carbocycles. The van der Waals surface area contributed by atoms with Gasteiger partial charge in [-0.05, 0) is 60.0 Å². The maximum Gasteiger partial charge on any atom is 0.221 e. The van der Waals surface area contributed by atoms with Crippen molar-refractivity contribution in [3.8, 4) is 28.6 Å². The van der Waals surface area contributed by atoms with Gasteiger partial charge in [-0.3, -0.25) is 4.57 Å². The highest BCUT2D eigenvalue weighted by Crippen LogP contribution is 2.36. The molecule has 3 aromatic heterocycles. The third-order valence-corrected chi connectivity index (χ3v) is 6.49. The van der Waals surface area contributed by atoms with E-state index in [0.717, 1.165) is 45.0 Å². The molecule has 0 saturated carbocycles. The van der Waals surface area contributed by atoms with Gasteiger partial charge >= 0.3 is 0 Å². The van der Waals surface area contributed by atoms with Crippen molar-refractivity contribution >= 4 is 27.5 Å². The lowest BCUT2D eigenvalue weighted by atomic mass is 10.0. The van der Waals surface area contributed by atoms with Gasteiger partial charge < -0.3 is 9.64 Å². The lowest BCUT2D eigenvalue weighted by molar-refractivity contribution is 0.463. The molecule has 3 heterocycles. The lowest BCUT2D eigenvalue weighted by Gasteiger charge is -2.13. The Hall–Kier alpha value is -4.64. The largest absolute Gasteiger partial charge is 0.439 e. The normalized spacial score (nSPS) is 11.2. The van der Waals surface area contributed by atoms with Crippen molar-refractivity contribution in [3.63, 3.8) is 0 Å². The summed E-state index contributed by atoms with van der Waals surface area (Å²) in [6, 6.07) is 31.3. The summed E-state index contributed by atoms with van der Waals surface area (Å²) in [5.41, 5.74) is 6.64. The second-order valence-electron chi connectivity index (χ2n) is 9.10. The van der Waals surface area contributed by atoms with E-state index in [1.165, 1.54) is 10.8 Å². The minimum Gasteiger partial charge on any atom is -0.439 e. The number of para-hydroxylation sites is 1. The van der Waals surface area contributed by atoms with Crippen LogP contribution in [0.15, 0.2) is 103 Å². The molecule has 36 heavy (non-hydrogen) atoms. The van der Waals surface area contributed by atoms with Gasteiger partial charge in [0.05, 0.1) is 11.0 Å². The zero-order valence-corrected chi connectivity index (χ0v) is 20.5. The number of pyridine rings is 2. The van der Waals surface area contributed by atoms with E-state index in [0.29, 0.717) is 5.88 Å². The maximum absolute atomic E-state index is 6.12. The summed E-state index contributed by atoms with van der Waals surface area (Å²) >= 11 is 0. The Morgan fingerprint density at radius 1 is 0.694 bits per heavy atom. The van der Waals surface area contributed by atoms with E-state index in [4.69, 9.17) is 9.72 Å². The van der Waals surface area contributed by atoms with Crippen molar-refractivity contribution in [2.75, 3.05) is 19.0 Å². The number of aromatic nitrogens is 3. The van der Waals surface area contributed by atoms with E-state index in [9.17, 15) is 0 Å². The third-order valence-electron chi connectivity index (χ3n) is 6.49. The number of hydrogen-bond donors (Lipinski definition) is 0. The van der Waals surface area contributed by atoms with Crippen LogP contribution in [0.1, 0.15) is 5.56 Å². The average molecular weight is 471 g/mol. The monoisotopic (exact) mass is 470 g/mol. The summed E-state index contributed by atoms with van der Waals surface area (Å²) in [6.07, 6.45) is 3.62. The predicted molar refractivity (Wildman–Crippen MR) is 147 cm³/mol. The van der Waals surface area contributed by atoms with Gasteiger partial charge in [-0.1, -0.05) is 48.5 Å². The first-order chi connectivity index (χ1) is 17.6. The number of rotatable bonds is 5. The van der Waals surface area contributed by atoms with Gasteiger partial charge in [-0.15, -0.1) is 0 Å². The smallest absolute Gasteiger partial charge is 0.221 e. The highest BCUT2D eigenvalue weighted by atomic mass is 16.5. The number of hydrogen-bond acceptors (Lipinski definition) is 4. The second kappa shape index (κ2) is 8.86. The average Bonchev–Trinajstić information content (AvgIpc) is 3.23. The molecule has 0 aliphatic rings. The van der Waals surface area contributed by atoms with Crippen LogP contribution in [0.4, 0.5) is 5.69 Å². The van der Waals surface area contributed by atoms with Crippen LogP contribution in [0, 0.1) is 6.92 Å². The van der Waals surface area contributed by atoms with Gasteiger partial charge in [0.25, 0.3) is 0 Å². The molecule has 0 spiro atoms. The number of ether oxygens (including phenoxy) is 1. The summed E-state index contributed by atoms with van der Waals surface area (Å²) in [5, 5.41) is 2.42. The fraction of sp³-hybridized carbons (Fsp3) is 0.0968. The number of aryl methyl sites for hydroxylation is 1. The Morgan fingerprint density at radius 3 is 2.39 bits per heavy atom. The van der Waals surface area contributed by atoms with Crippen LogP contribution in [-0.4, -0.2) is 28.6 Å². The molecule has 176 valence electrons. The maximum atomic E-state index is 6.12. The van der Waals surface area contributed by atoms with E-state index in [1.807, 2.05) is 55.5 Å². The summed E-state index contributed by atoms with van der Waals surface area (Å²) in [6.45, 7) is 2.10. The number of benzene rings is 3. The Bertz CT molecular complexity index is 1720. The molecule has 0 aliphatic carbocycles. The molecule has 0 amide bonds. The van der Waals surface area contributed by atoms with Gasteiger partial charge in [0, 0.05) is 49.0 Å². The molecule has 5 nitrogen and oxygen atoms in total. The quantitative estimate of drug-likeness (QED) is 0.263. The molecular weight excluding hydrogens is 444 g/mol. The van der Waals surface area contributed by atoms with Crippen LogP contribution in [0.25, 0.3) is 38.8 Å². The lowest BCUT2D eigenvalue weighted by Crippen LogP contribution is -2.08. The second-order valence-corrected chi connectivity index (χ2v) is 9.10. The number of nitrogens with zero attached hydrogens (tertiary/aromatic N) is 4. The Balaban J connectivity index is 1.46. The molecule has 6 aromatic rings. The van der Waals surface area contributed by atoms with Crippen molar-refractivity contribution in [3.05, 3.63) is 109 Å². The van der Waals surface area contributed by atoms with Gasteiger partial charge in [-0.2, -0.15) is 0 Å². The summed E-state index contributed by atoms with van der Waals surface area (Å²) in [5.74, 6) is 2.27. The standard InChI is InChI=1S/C31H26N4O/c1-21-8-7-16-33-31(21)35-28-12-5-4-11-26(28)27-14-13-23(19-29(27)35)22-9-6-10-25(18-22)36-30-20-24(34(2)3)15-17-32-30/h4-20H,1-3H3. The van der Waals surface area contributed by atoms with E-state index in [-0.39, 0.29) is 0 Å². The van der Waals surface area contributed by atoms with Crippen molar-refractivity contribution in [1.29, 1.82) is 0 Å². The third kappa shape index (κ3) is 3.85. The highest BCUT2D eigenvalue weighted by Gasteiger charge is 2.15. The number of anilines is 1. The molecule has 0 fully saturated rings. The van der Waals surface area contributed by atoms with Crippen molar-refractivity contribution in [2.24, 2.45) is 0 Å². The molecule has 0 radical (unpaired) electrons. The molecule has 6 rings (SSSR count). The first kappa shape index (κ1) is 21.9. The minimum absolute atomic E-state index is 0.569. The Labute approximate surface area is 210 Å². The van der Waals surface area contributed by atoms with Crippen LogP contribution in [0.5, 0.6) is 11.6 Å². The van der Waals surface area contributed by atoms with Gasteiger partial charge in [-0.25, -0.2) is 9.97 Å². The SMILES string of the molecule is Cc1cccnc1-n1c2ccccc2c2ccc(-c3cccc(Oc4cc(N(C)C)ccn4)c3)cc21. The van der Waals surface area contributed by atoms with Crippen LogP contribution < -0.4 is 9.64 Å². The van der Waals surface area contributed by atoms with E-state index < -0.39 is 0 Å². The molecule has 0 aliphatic heterocycles. The topological polar surface area (TPSA) is 43.2 Å². The van der Waals surface area contributed by atoms with Crippen LogP contribution in [-0.2, 0) is 0 Å². The summed E-state index contributed by atoms with van der Waals surface area (Å²) < 4.78 is 8.39. The first-order valence-corrected chi connectivity index (χ1v) is 12.0. The van der Waals surface area contributed by atoms with E-state index >= 15 is 0 Å². The molecule has 0 unspecified atom stereocenters. The Kier molecular flexibility index (Phi) is 5.38. The highest BCUT2D eigenvalue weighted by molar-refractivity contribution is 6.10. The van der Waals surface area contributed by atoms with Gasteiger partial charge in [0.1, 0.15) is 11.6 Å². The first-order valence-electron chi connectivity index (χ1n) is 12.0. The molecule has 0 bridgehead atoms. The Morgan fingerprint density at radius 2 is 1.53 bits per heavy atom. The van der Waals surface area contributed by atoms with Crippen molar-refractivity contribution in [2.45, 2.75) is 6.92 Å². The van der Waals surface area contributed by atoms with Crippen LogP contribution in [0.3, 0.4) is 0 Å². The van der Waals surface area contributed by atoms with Crippen molar-refractivity contribution < 1.29 is 4.74 Å². The summed E-state index contributed by atoms with van der Waals surface area (Å²) in [4.78, 5) is 11.1. The number of fused-ring (bicyclic) bond motifs is 3. The van der Waals surface area contributed by atoms with Crippen molar-refractivity contribution in [1.82, 2.24) is 14.5 Å². The van der Waals surface area contributed by atoms with Crippen LogP contribution in [0.2, 0.25) is 0 Å².